The Balaban J connectivity index is 1.05. The lowest BCUT2D eigenvalue weighted by Gasteiger charge is -2.41. The van der Waals surface area contributed by atoms with Gasteiger partial charge in [0.15, 0.2) is 0 Å². The predicted molar refractivity (Wildman–Crippen MR) is 293 cm³/mol. The fourth-order valence-corrected chi connectivity index (χ4v) is 12.3. The van der Waals surface area contributed by atoms with Crippen molar-refractivity contribution in [2.45, 2.75) is 167 Å². The highest BCUT2D eigenvalue weighted by Gasteiger charge is 2.53. The average molecular weight is 1070 g/mol. The molecule has 77 heavy (non-hydrogen) atoms. The number of nitrogens with one attached hydrogen (secondary N) is 4. The van der Waals surface area contributed by atoms with Gasteiger partial charge in [-0.1, -0.05) is 96.8 Å². The first-order valence-corrected chi connectivity index (χ1v) is 28.0. The maximum atomic E-state index is 14.6. The van der Waals surface area contributed by atoms with Crippen LogP contribution in [0, 0.1) is 29.6 Å². The maximum Gasteiger partial charge on any atom is 0.253 e. The number of piperidine rings is 1. The molecule has 1 aliphatic carbocycles. The zero-order chi connectivity index (χ0) is 56.1. The van der Waals surface area contributed by atoms with Crippen molar-refractivity contribution in [2.75, 3.05) is 46.7 Å². The van der Waals surface area contributed by atoms with Crippen LogP contribution in [0.5, 0.6) is 0 Å². The van der Waals surface area contributed by atoms with Crippen LogP contribution in [0.25, 0.3) is 0 Å². The Morgan fingerprint density at radius 2 is 1.51 bits per heavy atom. The van der Waals surface area contributed by atoms with Crippen LogP contribution < -0.4 is 21.3 Å². The Morgan fingerprint density at radius 1 is 0.818 bits per heavy atom. The fourth-order valence-electron chi connectivity index (χ4n) is 12.3. The Hall–Kier alpha value is -5.98. The molecule has 0 radical (unpaired) electrons. The molecule has 3 aliphatic heterocycles. The fraction of sp³-hybridized carbons (Fsp3) is 0.627. The Morgan fingerprint density at radius 3 is 2.12 bits per heavy atom. The molecule has 18 nitrogen and oxygen atoms in total. The van der Waals surface area contributed by atoms with Gasteiger partial charge in [-0.05, 0) is 92.5 Å². The number of nitrogens with zero attached hydrogens (tertiary/aromatic N) is 4. The second-order valence-electron chi connectivity index (χ2n) is 22.3. The molecule has 0 unspecified atom stereocenters. The number of likely N-dealkylation sites (tertiary alicyclic amines) is 2. The highest BCUT2D eigenvalue weighted by molar-refractivity contribution is 6.12. The van der Waals surface area contributed by atoms with E-state index in [1.54, 1.807) is 55.1 Å². The molecule has 2 saturated heterocycles. The molecular weight excluding hydrogens is 981 g/mol. The second kappa shape index (κ2) is 28.1. The normalized spacial score (nSPS) is 22.8. The van der Waals surface area contributed by atoms with E-state index in [2.05, 4.69) is 33.1 Å². The number of anilines is 1. The number of ether oxygens (including phenoxy) is 2. The molecule has 0 aromatic heterocycles. The first-order valence-electron chi connectivity index (χ1n) is 28.0. The standard InChI is InChI=1S/C59H86N8O10/c1-11-37(4)53(65(8)59(75)52(36(2)3)63-58(74)54-43-27-28-45(38(43)5)64(54)7)47(76-9)34-51(71)66-32-18-21-46(66)55(77-10)39(6)56(72)62-44(33-40-19-14-12-15-20-40)57(73)61-42-25-23-41(24-26-42)35-60-48(68)22-16-13-17-31-67-49(69)29-30-50(67)70/h12,14-15,19-20,23-26,29-30,36-39,43-47,52-55H,11,13,16-18,21-22,27-28,31-35H2,1-10H3,(H,60,68)(H,61,73)(H,62,72)(H,63,74)/t37-,38-,39+,43-,44-,45-,46-,47+,52-,53-,54-,55+/m0/s1. The summed E-state index contributed by atoms with van der Waals surface area (Å²) in [4.78, 5) is 114. The number of hydrogen-bond donors (Lipinski definition) is 4. The number of hydrogen-bond acceptors (Lipinski definition) is 11. The van der Waals surface area contributed by atoms with Crippen molar-refractivity contribution in [1.82, 2.24) is 35.6 Å². The maximum absolute atomic E-state index is 14.6. The monoisotopic (exact) mass is 1070 g/mol. The third-order valence-electron chi connectivity index (χ3n) is 17.0. The zero-order valence-corrected chi connectivity index (χ0v) is 47.1. The molecule has 4 aliphatic rings. The van der Waals surface area contributed by atoms with Crippen LogP contribution in [-0.2, 0) is 60.8 Å². The summed E-state index contributed by atoms with van der Waals surface area (Å²) in [5.41, 5.74) is 2.17. The summed E-state index contributed by atoms with van der Waals surface area (Å²) in [5.74, 6) is -2.45. The first kappa shape index (κ1) is 60.3. The van der Waals surface area contributed by atoms with Crippen molar-refractivity contribution in [3.63, 3.8) is 0 Å². The van der Waals surface area contributed by atoms with E-state index in [0.717, 1.165) is 24.0 Å². The average Bonchev–Trinajstić information content (AvgIpc) is 4.19. The van der Waals surface area contributed by atoms with E-state index in [9.17, 15) is 38.4 Å². The minimum atomic E-state index is -0.968. The lowest BCUT2D eigenvalue weighted by atomic mass is 9.89. The summed E-state index contributed by atoms with van der Waals surface area (Å²) >= 11 is 0. The highest BCUT2D eigenvalue weighted by Crippen LogP contribution is 2.46. The second-order valence-corrected chi connectivity index (χ2v) is 22.3. The van der Waals surface area contributed by atoms with Gasteiger partial charge < -0.3 is 40.5 Å². The lowest BCUT2D eigenvalue weighted by molar-refractivity contribution is -0.148. The number of imide groups is 1. The zero-order valence-electron chi connectivity index (χ0n) is 47.1. The Bertz CT molecular complexity index is 2380. The quantitative estimate of drug-likeness (QED) is 0.0639. The molecule has 4 N–H and O–H groups in total. The van der Waals surface area contributed by atoms with Crippen molar-refractivity contribution < 1.29 is 47.8 Å². The number of carbonyl (C=O) groups is 8. The molecule has 422 valence electrons. The van der Waals surface area contributed by atoms with Gasteiger partial charge in [-0.2, -0.15) is 0 Å². The van der Waals surface area contributed by atoms with Gasteiger partial charge in [0.25, 0.3) is 11.8 Å². The molecule has 6 rings (SSSR count). The van der Waals surface area contributed by atoms with E-state index in [1.165, 1.54) is 24.2 Å². The molecule has 12 atom stereocenters. The van der Waals surface area contributed by atoms with Gasteiger partial charge in [-0.25, -0.2) is 0 Å². The number of methoxy groups -OCH3 is 2. The van der Waals surface area contributed by atoms with E-state index in [1.807, 2.05) is 65.1 Å². The summed E-state index contributed by atoms with van der Waals surface area (Å²) < 4.78 is 12.2. The molecule has 2 aromatic rings. The lowest BCUT2D eigenvalue weighted by Crippen LogP contribution is -2.60. The molecular formula is C59H86N8O10. The Labute approximate surface area is 456 Å². The van der Waals surface area contributed by atoms with Crippen LogP contribution >= 0.6 is 0 Å². The molecule has 18 heteroatoms. The van der Waals surface area contributed by atoms with Gasteiger partial charge in [-0.15, -0.1) is 0 Å². The smallest absolute Gasteiger partial charge is 0.253 e. The Kier molecular flexibility index (Phi) is 22.0. The number of unbranched alkanes of at least 4 members (excludes halogenated alkanes) is 2. The van der Waals surface area contributed by atoms with Crippen LogP contribution in [0.4, 0.5) is 5.69 Å². The van der Waals surface area contributed by atoms with E-state index in [0.29, 0.717) is 75.7 Å². The molecule has 0 spiro atoms. The third kappa shape index (κ3) is 15.0. The van der Waals surface area contributed by atoms with E-state index < -0.39 is 54.1 Å². The van der Waals surface area contributed by atoms with Gasteiger partial charge in [0.1, 0.15) is 12.1 Å². The summed E-state index contributed by atoms with van der Waals surface area (Å²) in [6.07, 6.45) is 7.64. The van der Waals surface area contributed by atoms with Crippen molar-refractivity contribution in [3.05, 3.63) is 77.9 Å². The summed E-state index contributed by atoms with van der Waals surface area (Å²) in [5, 5.41) is 12.0. The van der Waals surface area contributed by atoms with Gasteiger partial charge >= 0.3 is 0 Å². The molecule has 2 bridgehead atoms. The molecule has 3 heterocycles. The van der Waals surface area contributed by atoms with Crippen molar-refractivity contribution in [3.8, 4) is 0 Å². The van der Waals surface area contributed by atoms with Gasteiger partial charge in [-0.3, -0.25) is 48.2 Å². The highest BCUT2D eigenvalue weighted by atomic mass is 16.5. The number of carbonyl (C=O) groups excluding carboxylic acids is 8. The summed E-state index contributed by atoms with van der Waals surface area (Å²) in [6, 6.07) is 13.9. The van der Waals surface area contributed by atoms with Crippen molar-refractivity contribution in [1.29, 1.82) is 0 Å². The first-order chi connectivity index (χ1) is 36.8. The van der Waals surface area contributed by atoms with Crippen molar-refractivity contribution >= 4 is 52.9 Å². The van der Waals surface area contributed by atoms with E-state index in [-0.39, 0.29) is 78.6 Å². The van der Waals surface area contributed by atoms with Gasteiger partial charge in [0.05, 0.1) is 42.7 Å². The van der Waals surface area contributed by atoms with E-state index in [4.69, 9.17) is 9.47 Å². The van der Waals surface area contributed by atoms with Crippen LogP contribution in [0.15, 0.2) is 66.7 Å². The van der Waals surface area contributed by atoms with Crippen molar-refractivity contribution in [2.24, 2.45) is 29.6 Å². The molecule has 1 saturated carbocycles. The summed E-state index contributed by atoms with van der Waals surface area (Å²) in [6.45, 7) is 13.0. The number of rotatable bonds is 28. The van der Waals surface area contributed by atoms with Crippen LogP contribution in [-0.4, -0.2) is 157 Å². The van der Waals surface area contributed by atoms with Crippen LogP contribution in [0.3, 0.4) is 0 Å². The third-order valence-corrected chi connectivity index (χ3v) is 17.0. The van der Waals surface area contributed by atoms with Gasteiger partial charge in [0.2, 0.25) is 35.4 Å². The number of fused-ring (bicyclic) bond motifs is 2. The van der Waals surface area contributed by atoms with E-state index >= 15 is 0 Å². The number of amides is 8. The molecule has 8 amide bonds. The minimum absolute atomic E-state index is 0.0210. The number of benzene rings is 2. The minimum Gasteiger partial charge on any atom is -0.379 e. The topological polar surface area (TPSA) is 216 Å². The van der Waals surface area contributed by atoms with Crippen LogP contribution in [0.1, 0.15) is 117 Å². The van der Waals surface area contributed by atoms with Gasteiger partial charge in [0, 0.05) is 77.6 Å². The predicted octanol–water partition coefficient (Wildman–Crippen LogP) is 5.24. The molecule has 2 aromatic carbocycles. The van der Waals surface area contributed by atoms with Crippen LogP contribution in [0.2, 0.25) is 0 Å². The number of likely N-dealkylation sites (N-methyl/N-ethyl adjacent to an activating group) is 2. The SMILES string of the molecule is CC[C@H](C)[C@@H]([C@@H](CC(=O)N1CCC[C@H]1[C@H](OC)[C@@H](C)C(=O)N[C@@H](Cc1ccccc1)C(=O)Nc1ccc(CNC(=O)CCCCCN2C(=O)C=CC2=O)cc1)OC)N(C)C(=O)[C@@H](NC(=O)[C@@H]1[C@H]2CC[C@@H]([C@H]2C)N1C)C(C)C. The largest absolute Gasteiger partial charge is 0.379 e. The summed E-state index contributed by atoms with van der Waals surface area (Å²) in [7, 11) is 6.84. The molecule has 3 fully saturated rings.